The van der Waals surface area contributed by atoms with E-state index in [0.29, 0.717) is 12.3 Å². The number of nitrogens with zero attached hydrogens (tertiary/aromatic N) is 2. The number of carbonyl (C=O) groups is 1. The number of rotatable bonds is 1. The smallest absolute Gasteiger partial charge is 0.433 e. The predicted molar refractivity (Wildman–Crippen MR) is 40.9 cm³/mol. The Morgan fingerprint density at radius 1 is 1.53 bits per heavy atom. The molecular weight excluding hydrogens is 213 g/mol. The maximum absolute atomic E-state index is 12.1. The van der Waals surface area contributed by atoms with Crippen molar-refractivity contribution in [2.75, 3.05) is 0 Å². The molecule has 0 saturated carbocycles. The number of hydrogen-bond donors (Lipinski definition) is 1. The minimum absolute atomic E-state index is 0.334. The Hall–Kier alpha value is -2.10. The van der Waals surface area contributed by atoms with Crippen molar-refractivity contribution in [1.29, 1.82) is 5.26 Å². The first-order valence-electron chi connectivity index (χ1n) is 3.57. The quantitative estimate of drug-likeness (QED) is 0.774. The second kappa shape index (κ2) is 3.57. The lowest BCUT2D eigenvalue weighted by Gasteiger charge is -2.06. The summed E-state index contributed by atoms with van der Waals surface area (Å²) in [6.07, 6.45) is -4.13. The molecule has 0 unspecified atom stereocenters. The molecule has 1 rings (SSSR count). The number of carboxylic acid groups (broad SMARTS) is 1. The maximum atomic E-state index is 12.1. The van der Waals surface area contributed by atoms with Crippen LogP contribution in [0.3, 0.4) is 0 Å². The molecule has 0 spiro atoms. The number of alkyl halides is 3. The fourth-order valence-corrected chi connectivity index (χ4v) is 0.876. The molecule has 0 aliphatic rings. The van der Waals surface area contributed by atoms with Crippen LogP contribution in [0.1, 0.15) is 21.6 Å². The second-order valence-electron chi connectivity index (χ2n) is 2.53. The van der Waals surface area contributed by atoms with Crippen LogP contribution in [0.25, 0.3) is 0 Å². The highest BCUT2D eigenvalue weighted by Gasteiger charge is 2.33. The molecule has 78 valence electrons. The topological polar surface area (TPSA) is 74.0 Å². The monoisotopic (exact) mass is 216 g/mol. The zero-order valence-corrected chi connectivity index (χ0v) is 7.04. The molecule has 0 atom stereocenters. The normalized spacial score (nSPS) is 10.8. The Bertz CT molecular complexity index is 448. The van der Waals surface area contributed by atoms with Crippen molar-refractivity contribution in [3.05, 3.63) is 29.1 Å². The van der Waals surface area contributed by atoms with Crippen LogP contribution in [-0.4, -0.2) is 16.1 Å². The van der Waals surface area contributed by atoms with Crippen molar-refractivity contribution < 1.29 is 23.1 Å². The molecule has 1 aromatic rings. The highest BCUT2D eigenvalue weighted by Crippen LogP contribution is 2.28. The van der Waals surface area contributed by atoms with Crippen LogP contribution in [0.5, 0.6) is 0 Å². The fraction of sp³-hybridized carbons (Fsp3) is 0.125. The van der Waals surface area contributed by atoms with Gasteiger partial charge in [-0.05, 0) is 6.07 Å². The minimum atomic E-state index is -4.72. The summed E-state index contributed by atoms with van der Waals surface area (Å²) in [6, 6.07) is 1.78. The van der Waals surface area contributed by atoms with Crippen LogP contribution in [0, 0.1) is 11.3 Å². The SMILES string of the molecule is N#Cc1cnc(C(F)(F)F)cc1C(=O)O. The molecule has 0 fully saturated rings. The first-order valence-corrected chi connectivity index (χ1v) is 3.57. The van der Waals surface area contributed by atoms with Gasteiger partial charge in [0.05, 0.1) is 11.1 Å². The van der Waals surface area contributed by atoms with Gasteiger partial charge in [0.15, 0.2) is 0 Å². The van der Waals surface area contributed by atoms with Crippen molar-refractivity contribution >= 4 is 5.97 Å². The molecule has 1 N–H and O–H groups in total. The summed E-state index contributed by atoms with van der Waals surface area (Å²) in [5, 5.41) is 17.0. The van der Waals surface area contributed by atoms with E-state index in [1.165, 1.54) is 6.07 Å². The number of hydrogen-bond acceptors (Lipinski definition) is 3. The summed E-state index contributed by atoms with van der Waals surface area (Å²) >= 11 is 0. The zero-order chi connectivity index (χ0) is 11.6. The van der Waals surface area contributed by atoms with Gasteiger partial charge in [0.1, 0.15) is 11.8 Å². The van der Waals surface area contributed by atoms with Gasteiger partial charge in [0.2, 0.25) is 0 Å². The number of carboxylic acids is 1. The Labute approximate surface area is 81.6 Å². The molecular formula is C8H3F3N2O2. The molecule has 1 aromatic heterocycles. The van der Waals surface area contributed by atoms with Crippen LogP contribution >= 0.6 is 0 Å². The van der Waals surface area contributed by atoms with Crippen molar-refractivity contribution in [2.24, 2.45) is 0 Å². The molecule has 0 bridgehead atoms. The van der Waals surface area contributed by atoms with E-state index in [0.717, 1.165) is 0 Å². The summed E-state index contributed by atoms with van der Waals surface area (Å²) in [5.74, 6) is -1.60. The molecule has 15 heavy (non-hydrogen) atoms. The molecule has 4 nitrogen and oxygen atoms in total. The lowest BCUT2D eigenvalue weighted by molar-refractivity contribution is -0.141. The lowest BCUT2D eigenvalue weighted by Crippen LogP contribution is -2.11. The summed E-state index contributed by atoms with van der Waals surface area (Å²) < 4.78 is 36.4. The van der Waals surface area contributed by atoms with E-state index in [1.807, 2.05) is 0 Å². The summed E-state index contributed by atoms with van der Waals surface area (Å²) in [7, 11) is 0. The van der Waals surface area contributed by atoms with Gasteiger partial charge in [0, 0.05) is 6.20 Å². The van der Waals surface area contributed by atoms with Gasteiger partial charge in [-0.25, -0.2) is 4.79 Å². The van der Waals surface area contributed by atoms with Gasteiger partial charge in [-0.2, -0.15) is 18.4 Å². The second-order valence-corrected chi connectivity index (χ2v) is 2.53. The number of pyridine rings is 1. The van der Waals surface area contributed by atoms with Crippen LogP contribution in [-0.2, 0) is 6.18 Å². The number of aromatic carboxylic acids is 1. The number of halogens is 3. The Morgan fingerprint density at radius 3 is 2.53 bits per heavy atom. The third-order valence-corrected chi connectivity index (χ3v) is 1.55. The van der Waals surface area contributed by atoms with Crippen LogP contribution < -0.4 is 0 Å². The van der Waals surface area contributed by atoms with Gasteiger partial charge in [-0.3, -0.25) is 4.98 Å². The van der Waals surface area contributed by atoms with Crippen molar-refractivity contribution in [1.82, 2.24) is 4.98 Å². The molecule has 0 saturated heterocycles. The van der Waals surface area contributed by atoms with E-state index in [2.05, 4.69) is 4.98 Å². The lowest BCUT2D eigenvalue weighted by atomic mass is 10.1. The molecule has 7 heteroatoms. The third kappa shape index (κ3) is 2.22. The molecule has 1 heterocycles. The van der Waals surface area contributed by atoms with Crippen molar-refractivity contribution in [3.8, 4) is 6.07 Å². The van der Waals surface area contributed by atoms with Crippen LogP contribution in [0.4, 0.5) is 13.2 Å². The number of nitriles is 1. The first-order chi connectivity index (χ1) is 6.86. The van der Waals surface area contributed by atoms with Gasteiger partial charge in [0.25, 0.3) is 0 Å². The van der Waals surface area contributed by atoms with E-state index >= 15 is 0 Å². The molecule has 0 radical (unpaired) electrons. The van der Waals surface area contributed by atoms with E-state index in [4.69, 9.17) is 10.4 Å². The molecule has 0 aliphatic carbocycles. The Kier molecular flexibility index (Phi) is 2.61. The summed E-state index contributed by atoms with van der Waals surface area (Å²) in [4.78, 5) is 13.5. The van der Waals surface area contributed by atoms with E-state index in [-0.39, 0.29) is 0 Å². The van der Waals surface area contributed by atoms with Gasteiger partial charge in [-0.15, -0.1) is 0 Å². The minimum Gasteiger partial charge on any atom is -0.478 e. The summed E-state index contributed by atoms with van der Waals surface area (Å²) in [6.45, 7) is 0. The van der Waals surface area contributed by atoms with Crippen LogP contribution in [0.2, 0.25) is 0 Å². The Balaban J connectivity index is 3.37. The third-order valence-electron chi connectivity index (χ3n) is 1.55. The standard InChI is InChI=1S/C8H3F3N2O2/c9-8(10,11)6-1-5(7(14)15)4(2-12)3-13-6/h1,3H,(H,14,15). The van der Waals surface area contributed by atoms with Gasteiger partial charge < -0.3 is 5.11 Å². The maximum Gasteiger partial charge on any atom is 0.433 e. The average Bonchev–Trinajstić information content (AvgIpc) is 2.15. The van der Waals surface area contributed by atoms with E-state index in [1.54, 1.807) is 0 Å². The van der Waals surface area contributed by atoms with Crippen LogP contribution in [0.15, 0.2) is 12.3 Å². The first kappa shape index (κ1) is 11.0. The van der Waals surface area contributed by atoms with Gasteiger partial charge >= 0.3 is 12.1 Å². The van der Waals surface area contributed by atoms with Gasteiger partial charge in [-0.1, -0.05) is 0 Å². The van der Waals surface area contributed by atoms with Crippen molar-refractivity contribution in [2.45, 2.75) is 6.18 Å². The molecule has 0 amide bonds. The van der Waals surface area contributed by atoms with E-state index in [9.17, 15) is 18.0 Å². The van der Waals surface area contributed by atoms with E-state index < -0.39 is 29.0 Å². The average molecular weight is 216 g/mol. The number of aromatic nitrogens is 1. The highest BCUT2D eigenvalue weighted by molar-refractivity contribution is 5.90. The largest absolute Gasteiger partial charge is 0.478 e. The zero-order valence-electron chi connectivity index (χ0n) is 7.04. The summed E-state index contributed by atoms with van der Waals surface area (Å²) in [5.41, 5.74) is -2.45. The fourth-order valence-electron chi connectivity index (χ4n) is 0.876. The predicted octanol–water partition coefficient (Wildman–Crippen LogP) is 1.67. The molecule has 0 aliphatic heterocycles. The molecule has 0 aromatic carbocycles. The highest BCUT2D eigenvalue weighted by atomic mass is 19.4. The van der Waals surface area contributed by atoms with Crippen molar-refractivity contribution in [3.63, 3.8) is 0 Å². The Morgan fingerprint density at radius 2 is 2.13 bits per heavy atom.